The summed E-state index contributed by atoms with van der Waals surface area (Å²) < 4.78 is 1.91. The van der Waals surface area contributed by atoms with Gasteiger partial charge in [-0.05, 0) is 25.0 Å². The predicted molar refractivity (Wildman–Crippen MR) is 112 cm³/mol. The fourth-order valence-electron chi connectivity index (χ4n) is 3.94. The molecule has 7 heteroatoms. The largest absolute Gasteiger partial charge is 0.352 e. The van der Waals surface area contributed by atoms with Gasteiger partial charge in [-0.3, -0.25) is 4.79 Å². The number of para-hydroxylation sites is 1. The van der Waals surface area contributed by atoms with Crippen molar-refractivity contribution in [3.05, 3.63) is 42.4 Å². The van der Waals surface area contributed by atoms with Crippen LogP contribution in [0.4, 0.5) is 5.82 Å². The predicted octanol–water partition coefficient (Wildman–Crippen LogP) is 3.00. The molecule has 0 unspecified atom stereocenters. The van der Waals surface area contributed by atoms with E-state index < -0.39 is 0 Å². The lowest BCUT2D eigenvalue weighted by molar-refractivity contribution is -0.134. The Kier molecular flexibility index (Phi) is 4.45. The third-order valence-corrected chi connectivity index (χ3v) is 5.75. The first-order chi connectivity index (χ1) is 14.1. The van der Waals surface area contributed by atoms with E-state index in [1.807, 2.05) is 60.0 Å². The highest BCUT2D eigenvalue weighted by molar-refractivity contribution is 5.88. The maximum absolute atomic E-state index is 12.3. The number of nitrogens with zero attached hydrogens (tertiary/aromatic N) is 6. The highest BCUT2D eigenvalue weighted by Gasteiger charge is 2.31. The van der Waals surface area contributed by atoms with E-state index >= 15 is 0 Å². The fraction of sp³-hybridized carbons (Fsp3) is 0.455. The molecule has 0 N–H and O–H groups in total. The summed E-state index contributed by atoms with van der Waals surface area (Å²) in [6.45, 7) is 6.95. The van der Waals surface area contributed by atoms with Crippen molar-refractivity contribution < 1.29 is 4.79 Å². The third kappa shape index (κ3) is 3.34. The molecule has 0 bridgehead atoms. The van der Waals surface area contributed by atoms with E-state index in [1.165, 1.54) is 0 Å². The van der Waals surface area contributed by atoms with Gasteiger partial charge < -0.3 is 9.80 Å². The molecule has 1 saturated heterocycles. The summed E-state index contributed by atoms with van der Waals surface area (Å²) >= 11 is 0. The van der Waals surface area contributed by atoms with Gasteiger partial charge in [-0.15, -0.1) is 0 Å². The standard InChI is InChI=1S/C22H26N6O/c1-15(2)22(29)27-12-10-26(11-13-27)20-18-14-23-28(17-6-4-3-5-7-17)21(18)25-19(24-20)16-8-9-16/h3-7,14-16H,8-13H2,1-2H3. The molecule has 0 radical (unpaired) electrons. The summed E-state index contributed by atoms with van der Waals surface area (Å²) in [6.07, 6.45) is 4.18. The van der Waals surface area contributed by atoms with Crippen LogP contribution in [0.25, 0.3) is 16.7 Å². The van der Waals surface area contributed by atoms with Crippen LogP contribution in [-0.4, -0.2) is 56.7 Å². The van der Waals surface area contributed by atoms with Crippen LogP contribution in [0.5, 0.6) is 0 Å². The number of carbonyl (C=O) groups is 1. The second-order valence-corrected chi connectivity index (χ2v) is 8.28. The van der Waals surface area contributed by atoms with Crippen LogP contribution in [0.2, 0.25) is 0 Å². The Balaban J connectivity index is 1.51. The van der Waals surface area contributed by atoms with Gasteiger partial charge in [0.15, 0.2) is 5.65 Å². The monoisotopic (exact) mass is 390 g/mol. The van der Waals surface area contributed by atoms with Gasteiger partial charge in [-0.25, -0.2) is 14.6 Å². The van der Waals surface area contributed by atoms with E-state index in [9.17, 15) is 4.79 Å². The second kappa shape index (κ2) is 7.13. The molecule has 2 aromatic heterocycles. The van der Waals surface area contributed by atoms with Crippen LogP contribution >= 0.6 is 0 Å². The van der Waals surface area contributed by atoms with Crippen LogP contribution in [0.15, 0.2) is 36.5 Å². The van der Waals surface area contributed by atoms with Gasteiger partial charge in [0.05, 0.1) is 17.3 Å². The van der Waals surface area contributed by atoms with Crippen molar-refractivity contribution in [1.29, 1.82) is 0 Å². The molecule has 1 aliphatic heterocycles. The number of piperazine rings is 1. The minimum atomic E-state index is 0.0397. The second-order valence-electron chi connectivity index (χ2n) is 8.28. The molecule has 2 fully saturated rings. The molecule has 7 nitrogen and oxygen atoms in total. The number of fused-ring (bicyclic) bond motifs is 1. The average Bonchev–Trinajstić information content (AvgIpc) is 3.52. The van der Waals surface area contributed by atoms with E-state index in [0.29, 0.717) is 5.92 Å². The lowest BCUT2D eigenvalue weighted by Crippen LogP contribution is -2.50. The topological polar surface area (TPSA) is 67.2 Å². The van der Waals surface area contributed by atoms with E-state index in [-0.39, 0.29) is 11.8 Å². The summed E-state index contributed by atoms with van der Waals surface area (Å²) in [4.78, 5) is 26.4. The van der Waals surface area contributed by atoms with Crippen molar-refractivity contribution >= 4 is 22.8 Å². The molecule has 1 aliphatic carbocycles. The third-order valence-electron chi connectivity index (χ3n) is 5.75. The lowest BCUT2D eigenvalue weighted by Gasteiger charge is -2.36. The maximum Gasteiger partial charge on any atom is 0.225 e. The molecule has 2 aliphatic rings. The normalized spacial score (nSPS) is 17.3. The Bertz CT molecular complexity index is 1030. The minimum absolute atomic E-state index is 0.0397. The first-order valence-corrected chi connectivity index (χ1v) is 10.5. The van der Waals surface area contributed by atoms with Crippen molar-refractivity contribution in [3.63, 3.8) is 0 Å². The number of anilines is 1. The molecule has 0 spiro atoms. The molecule has 29 heavy (non-hydrogen) atoms. The number of amides is 1. The Morgan fingerprint density at radius 1 is 1.03 bits per heavy atom. The summed E-state index contributed by atoms with van der Waals surface area (Å²) in [5.74, 6) is 2.61. The summed E-state index contributed by atoms with van der Waals surface area (Å²) in [7, 11) is 0. The molecule has 1 aromatic carbocycles. The van der Waals surface area contributed by atoms with Crippen molar-refractivity contribution in [2.75, 3.05) is 31.1 Å². The van der Waals surface area contributed by atoms with E-state index in [4.69, 9.17) is 9.97 Å². The first-order valence-electron chi connectivity index (χ1n) is 10.5. The minimum Gasteiger partial charge on any atom is -0.352 e. The van der Waals surface area contributed by atoms with E-state index in [1.54, 1.807) is 0 Å². The van der Waals surface area contributed by atoms with Gasteiger partial charge in [0.25, 0.3) is 0 Å². The Labute approximate surface area is 170 Å². The Morgan fingerprint density at radius 3 is 2.41 bits per heavy atom. The zero-order valence-electron chi connectivity index (χ0n) is 17.0. The molecule has 0 atom stereocenters. The number of benzene rings is 1. The number of rotatable bonds is 4. The van der Waals surface area contributed by atoms with Gasteiger partial charge in [0.1, 0.15) is 11.6 Å². The fourth-order valence-corrected chi connectivity index (χ4v) is 3.94. The van der Waals surface area contributed by atoms with Gasteiger partial charge in [0, 0.05) is 38.0 Å². The number of hydrogen-bond acceptors (Lipinski definition) is 5. The Hall–Kier alpha value is -2.96. The smallest absolute Gasteiger partial charge is 0.225 e. The lowest BCUT2D eigenvalue weighted by atomic mass is 10.1. The number of hydrogen-bond donors (Lipinski definition) is 0. The van der Waals surface area contributed by atoms with Gasteiger partial charge >= 0.3 is 0 Å². The highest BCUT2D eigenvalue weighted by Crippen LogP contribution is 2.40. The number of carbonyl (C=O) groups excluding carboxylic acids is 1. The molecule has 150 valence electrons. The van der Waals surface area contributed by atoms with Gasteiger partial charge in [-0.1, -0.05) is 32.0 Å². The molecular formula is C22H26N6O. The highest BCUT2D eigenvalue weighted by atomic mass is 16.2. The van der Waals surface area contributed by atoms with Crippen molar-refractivity contribution in [1.82, 2.24) is 24.6 Å². The van der Waals surface area contributed by atoms with Gasteiger partial charge in [-0.2, -0.15) is 5.10 Å². The quantitative estimate of drug-likeness (QED) is 0.685. The van der Waals surface area contributed by atoms with E-state index in [0.717, 1.165) is 67.4 Å². The summed E-state index contributed by atoms with van der Waals surface area (Å²) in [5.41, 5.74) is 1.87. The van der Waals surface area contributed by atoms with Gasteiger partial charge in [0.2, 0.25) is 5.91 Å². The molecular weight excluding hydrogens is 364 g/mol. The van der Waals surface area contributed by atoms with Crippen LogP contribution in [0.3, 0.4) is 0 Å². The van der Waals surface area contributed by atoms with Crippen molar-refractivity contribution in [2.24, 2.45) is 5.92 Å². The van der Waals surface area contributed by atoms with Crippen molar-refractivity contribution in [3.8, 4) is 5.69 Å². The first kappa shape index (κ1) is 18.1. The van der Waals surface area contributed by atoms with E-state index in [2.05, 4.69) is 10.00 Å². The molecule has 3 aromatic rings. The zero-order chi connectivity index (χ0) is 20.0. The number of aromatic nitrogens is 4. The van der Waals surface area contributed by atoms with Crippen LogP contribution in [0.1, 0.15) is 38.4 Å². The maximum atomic E-state index is 12.3. The SMILES string of the molecule is CC(C)C(=O)N1CCN(c2nc(C3CC3)nc3c2cnn3-c2ccccc2)CC1. The van der Waals surface area contributed by atoms with Crippen LogP contribution in [-0.2, 0) is 4.79 Å². The molecule has 1 amide bonds. The molecule has 1 saturated carbocycles. The zero-order valence-corrected chi connectivity index (χ0v) is 17.0. The summed E-state index contributed by atoms with van der Waals surface area (Å²) in [5, 5.41) is 5.61. The molecule has 5 rings (SSSR count). The van der Waals surface area contributed by atoms with Crippen LogP contribution < -0.4 is 4.90 Å². The molecule has 3 heterocycles. The summed E-state index contributed by atoms with van der Waals surface area (Å²) in [6, 6.07) is 10.1. The van der Waals surface area contributed by atoms with Crippen LogP contribution in [0, 0.1) is 5.92 Å². The Morgan fingerprint density at radius 2 is 1.76 bits per heavy atom. The average molecular weight is 390 g/mol. The van der Waals surface area contributed by atoms with Crippen molar-refractivity contribution in [2.45, 2.75) is 32.6 Å².